The first-order chi connectivity index (χ1) is 12.6. The summed E-state index contributed by atoms with van der Waals surface area (Å²) in [6, 6.07) is 13.1. The highest BCUT2D eigenvalue weighted by molar-refractivity contribution is 5.90. The van der Waals surface area contributed by atoms with Gasteiger partial charge in [-0.15, -0.1) is 0 Å². The molecule has 0 heterocycles. The van der Waals surface area contributed by atoms with Gasteiger partial charge < -0.3 is 9.47 Å². The second-order valence-electron chi connectivity index (χ2n) is 5.07. The Kier molecular flexibility index (Phi) is 7.00. The predicted molar refractivity (Wildman–Crippen MR) is 98.0 cm³/mol. The molecule has 0 aliphatic rings. The topological polar surface area (TPSA) is 77.3 Å². The van der Waals surface area contributed by atoms with Crippen LogP contribution < -0.4 is 0 Å². The molecule has 132 valence electrons. The molecular weight excluding hydrogens is 332 g/mol. The Hall–Kier alpha value is -3.54. The maximum atomic E-state index is 11.7. The number of ether oxygens (including phenoxy) is 2. The predicted octanol–water partition coefficient (Wildman–Crippen LogP) is 4.79. The van der Waals surface area contributed by atoms with Crippen LogP contribution in [0.15, 0.2) is 84.1 Å². The molecule has 0 aromatic heterocycles. The summed E-state index contributed by atoms with van der Waals surface area (Å²) in [5.41, 5.74) is 2.01. The number of rotatable bonds is 8. The van der Waals surface area contributed by atoms with Crippen molar-refractivity contribution in [1.29, 1.82) is 0 Å². The van der Waals surface area contributed by atoms with Crippen LogP contribution in [0, 0.1) is 0 Å². The third-order valence-electron chi connectivity index (χ3n) is 3.15. The van der Waals surface area contributed by atoms with E-state index in [1.54, 1.807) is 48.5 Å². The zero-order valence-corrected chi connectivity index (χ0v) is 14.1. The molecule has 2 aromatic carbocycles. The Bertz CT molecular complexity index is 739. The van der Waals surface area contributed by atoms with E-state index in [1.807, 2.05) is 0 Å². The van der Waals surface area contributed by atoms with Crippen molar-refractivity contribution >= 4 is 23.3 Å². The molecule has 0 amide bonds. The molecule has 0 saturated heterocycles. The lowest BCUT2D eigenvalue weighted by molar-refractivity contribution is 0.0540. The molecule has 0 saturated carbocycles. The number of hydrogen-bond donors (Lipinski definition) is 0. The van der Waals surface area contributed by atoms with Gasteiger partial charge in [0.15, 0.2) is 0 Å². The summed E-state index contributed by atoms with van der Waals surface area (Å²) in [5.74, 6) is -0.848. The molecule has 26 heavy (non-hydrogen) atoms. The Morgan fingerprint density at radius 1 is 0.731 bits per heavy atom. The fourth-order valence-corrected chi connectivity index (χ4v) is 1.88. The lowest BCUT2D eigenvalue weighted by atomic mass is 10.2. The van der Waals surface area contributed by atoms with E-state index in [-0.39, 0.29) is 13.2 Å². The maximum absolute atomic E-state index is 11.7. The summed E-state index contributed by atoms with van der Waals surface area (Å²) < 4.78 is 9.89. The van der Waals surface area contributed by atoms with Crippen molar-refractivity contribution < 1.29 is 19.1 Å². The second-order valence-corrected chi connectivity index (χ2v) is 5.07. The van der Waals surface area contributed by atoms with E-state index in [4.69, 9.17) is 9.47 Å². The monoisotopic (exact) mass is 350 g/mol. The van der Waals surface area contributed by atoms with Crippen LogP contribution in [0.3, 0.4) is 0 Å². The first kappa shape index (κ1) is 18.8. The van der Waals surface area contributed by atoms with Crippen molar-refractivity contribution in [2.45, 2.75) is 0 Å². The van der Waals surface area contributed by atoms with Gasteiger partial charge in [0.1, 0.15) is 13.2 Å². The fourth-order valence-electron chi connectivity index (χ4n) is 1.88. The lowest BCUT2D eigenvalue weighted by Gasteiger charge is -2.02. The van der Waals surface area contributed by atoms with Crippen LogP contribution in [0.2, 0.25) is 0 Å². The Morgan fingerprint density at radius 3 is 1.38 bits per heavy atom. The number of esters is 2. The summed E-state index contributed by atoms with van der Waals surface area (Å²) in [7, 11) is 0. The van der Waals surface area contributed by atoms with E-state index in [1.165, 1.54) is 12.2 Å². The second kappa shape index (κ2) is 9.68. The summed E-state index contributed by atoms with van der Waals surface area (Å²) in [5, 5.41) is 8.18. The van der Waals surface area contributed by atoms with Crippen LogP contribution in [-0.4, -0.2) is 25.2 Å². The normalized spacial score (nSPS) is 10.3. The third-order valence-corrected chi connectivity index (χ3v) is 3.15. The molecule has 0 bridgehead atoms. The number of hydrogen-bond acceptors (Lipinski definition) is 6. The van der Waals surface area contributed by atoms with Gasteiger partial charge in [-0.05, 0) is 48.5 Å². The average molecular weight is 350 g/mol. The highest BCUT2D eigenvalue weighted by atomic mass is 16.5. The number of azo groups is 1. The first-order valence-corrected chi connectivity index (χ1v) is 7.82. The largest absolute Gasteiger partial charge is 0.458 e. The van der Waals surface area contributed by atoms with Gasteiger partial charge in [-0.2, -0.15) is 10.2 Å². The van der Waals surface area contributed by atoms with E-state index >= 15 is 0 Å². The SMILES string of the molecule is C=CCOC(=O)c1ccc(N=Nc2ccc(C(=O)OCC=C)cc2)cc1. The molecule has 0 spiro atoms. The smallest absolute Gasteiger partial charge is 0.338 e. The van der Waals surface area contributed by atoms with E-state index < -0.39 is 11.9 Å². The molecule has 0 N–H and O–H groups in total. The Balaban J connectivity index is 1.98. The molecule has 0 aliphatic heterocycles. The quantitative estimate of drug-likeness (QED) is 0.390. The van der Waals surface area contributed by atoms with Crippen molar-refractivity contribution in [3.63, 3.8) is 0 Å². The number of carbonyl (C=O) groups excluding carboxylic acids is 2. The molecule has 0 atom stereocenters. The zero-order valence-electron chi connectivity index (χ0n) is 14.1. The summed E-state index contributed by atoms with van der Waals surface area (Å²) in [4.78, 5) is 23.4. The molecular formula is C20H18N2O4. The van der Waals surface area contributed by atoms with Gasteiger partial charge in [-0.25, -0.2) is 9.59 Å². The van der Waals surface area contributed by atoms with Crippen molar-refractivity contribution in [1.82, 2.24) is 0 Å². The van der Waals surface area contributed by atoms with Crippen molar-refractivity contribution in [2.24, 2.45) is 10.2 Å². The van der Waals surface area contributed by atoms with E-state index in [9.17, 15) is 9.59 Å². The fraction of sp³-hybridized carbons (Fsp3) is 0.100. The van der Waals surface area contributed by atoms with Crippen LogP contribution in [0.4, 0.5) is 11.4 Å². The molecule has 0 unspecified atom stereocenters. The molecule has 6 nitrogen and oxygen atoms in total. The van der Waals surface area contributed by atoms with Crippen molar-refractivity contribution in [3.8, 4) is 0 Å². The molecule has 6 heteroatoms. The molecule has 0 fully saturated rings. The maximum Gasteiger partial charge on any atom is 0.338 e. The average Bonchev–Trinajstić information content (AvgIpc) is 2.69. The summed E-state index contributed by atoms with van der Waals surface area (Å²) >= 11 is 0. The highest BCUT2D eigenvalue weighted by Crippen LogP contribution is 2.19. The first-order valence-electron chi connectivity index (χ1n) is 7.82. The molecule has 0 aliphatic carbocycles. The van der Waals surface area contributed by atoms with Gasteiger partial charge in [-0.1, -0.05) is 25.3 Å². The van der Waals surface area contributed by atoms with Crippen LogP contribution in [0.1, 0.15) is 20.7 Å². The van der Waals surface area contributed by atoms with E-state index in [0.29, 0.717) is 22.5 Å². The number of benzene rings is 2. The third kappa shape index (κ3) is 5.52. The molecule has 2 rings (SSSR count). The number of carbonyl (C=O) groups is 2. The minimum Gasteiger partial charge on any atom is -0.458 e. The van der Waals surface area contributed by atoms with Gasteiger partial charge in [0, 0.05) is 0 Å². The minimum atomic E-state index is -0.424. The van der Waals surface area contributed by atoms with Crippen LogP contribution in [0.5, 0.6) is 0 Å². The lowest BCUT2D eigenvalue weighted by Crippen LogP contribution is -2.04. The standard InChI is InChI=1S/C20H18N2O4/c1-3-13-25-19(23)15-5-9-17(10-6-15)21-22-18-11-7-16(8-12-18)20(24)26-14-4-2/h3-12H,1-2,13-14H2. The summed E-state index contributed by atoms with van der Waals surface area (Å²) in [6.45, 7) is 7.30. The van der Waals surface area contributed by atoms with Crippen molar-refractivity contribution in [3.05, 3.63) is 85.0 Å². The van der Waals surface area contributed by atoms with Crippen LogP contribution in [-0.2, 0) is 9.47 Å². The van der Waals surface area contributed by atoms with Crippen molar-refractivity contribution in [2.75, 3.05) is 13.2 Å². The Labute approximate surface area is 151 Å². The molecule has 0 radical (unpaired) electrons. The molecule has 2 aromatic rings. The zero-order chi connectivity index (χ0) is 18.8. The van der Waals surface area contributed by atoms with Gasteiger partial charge in [0.25, 0.3) is 0 Å². The van der Waals surface area contributed by atoms with Gasteiger partial charge in [-0.3, -0.25) is 0 Å². The van der Waals surface area contributed by atoms with Gasteiger partial charge in [0.2, 0.25) is 0 Å². The number of nitrogens with zero attached hydrogens (tertiary/aromatic N) is 2. The highest BCUT2D eigenvalue weighted by Gasteiger charge is 2.06. The Morgan fingerprint density at radius 2 is 1.08 bits per heavy atom. The summed E-state index contributed by atoms with van der Waals surface area (Å²) in [6.07, 6.45) is 3.01. The van der Waals surface area contributed by atoms with E-state index in [2.05, 4.69) is 23.4 Å². The van der Waals surface area contributed by atoms with Crippen LogP contribution in [0.25, 0.3) is 0 Å². The van der Waals surface area contributed by atoms with E-state index in [0.717, 1.165) is 0 Å². The minimum absolute atomic E-state index is 0.164. The van der Waals surface area contributed by atoms with Gasteiger partial charge in [0.05, 0.1) is 22.5 Å². The van der Waals surface area contributed by atoms with Gasteiger partial charge >= 0.3 is 11.9 Å². The van der Waals surface area contributed by atoms with Crippen LogP contribution >= 0.6 is 0 Å².